The highest BCUT2D eigenvalue weighted by molar-refractivity contribution is 7.09. The van der Waals surface area contributed by atoms with E-state index in [4.69, 9.17) is 0 Å². The fraction of sp³-hybridized carbons (Fsp3) is 0.471. The number of thiazole rings is 1. The van der Waals surface area contributed by atoms with Gasteiger partial charge in [-0.15, -0.1) is 11.3 Å². The number of hydrogen-bond acceptors (Lipinski definition) is 3. The minimum atomic E-state index is 0.165. The molecule has 2 rings (SSSR count). The van der Waals surface area contributed by atoms with E-state index in [-0.39, 0.29) is 5.54 Å². The second kappa shape index (κ2) is 7.00. The van der Waals surface area contributed by atoms with Gasteiger partial charge in [-0.05, 0) is 45.2 Å². The summed E-state index contributed by atoms with van der Waals surface area (Å²) in [5.74, 6) is 0.586. The van der Waals surface area contributed by atoms with Crippen molar-refractivity contribution in [3.05, 3.63) is 52.5 Å². The van der Waals surface area contributed by atoms with Gasteiger partial charge < -0.3 is 5.32 Å². The molecule has 0 amide bonds. The van der Waals surface area contributed by atoms with E-state index in [1.807, 2.05) is 6.20 Å². The number of rotatable bonds is 6. The van der Waals surface area contributed by atoms with Gasteiger partial charge in [0.25, 0.3) is 0 Å². The molecule has 0 aliphatic carbocycles. The van der Waals surface area contributed by atoms with Crippen LogP contribution in [0.15, 0.2) is 41.9 Å². The van der Waals surface area contributed by atoms with Crippen LogP contribution in [0.4, 0.5) is 0 Å². The van der Waals surface area contributed by atoms with Crippen LogP contribution in [0.2, 0.25) is 0 Å². The van der Waals surface area contributed by atoms with Gasteiger partial charge in [0.2, 0.25) is 0 Å². The van der Waals surface area contributed by atoms with Crippen LogP contribution in [0, 0.1) is 5.92 Å². The molecule has 1 N–H and O–H groups in total. The topological polar surface area (TPSA) is 24.9 Å². The second-order valence-electron chi connectivity index (χ2n) is 6.32. The van der Waals surface area contributed by atoms with Gasteiger partial charge in [-0.25, -0.2) is 4.98 Å². The van der Waals surface area contributed by atoms with Crippen LogP contribution in [0.25, 0.3) is 0 Å². The molecule has 0 radical (unpaired) electrons. The normalized spacial score (nSPS) is 13.3. The highest BCUT2D eigenvalue weighted by Gasteiger charge is 2.16. The van der Waals surface area contributed by atoms with Crippen molar-refractivity contribution < 1.29 is 0 Å². The number of benzene rings is 1. The summed E-state index contributed by atoms with van der Waals surface area (Å²) in [6.45, 7) is 7.68. The summed E-state index contributed by atoms with van der Waals surface area (Å²) in [5.41, 5.74) is 1.57. The first kappa shape index (κ1) is 15.2. The zero-order valence-electron chi connectivity index (χ0n) is 12.6. The lowest BCUT2D eigenvalue weighted by molar-refractivity contribution is 0.367. The van der Waals surface area contributed by atoms with Crippen molar-refractivity contribution in [3.63, 3.8) is 0 Å². The summed E-state index contributed by atoms with van der Waals surface area (Å²) in [6, 6.07) is 10.7. The lowest BCUT2D eigenvalue weighted by atomic mass is 9.95. The molecule has 3 heteroatoms. The van der Waals surface area contributed by atoms with E-state index in [9.17, 15) is 0 Å². The molecule has 0 aliphatic heterocycles. The fourth-order valence-corrected chi connectivity index (χ4v) is 2.95. The van der Waals surface area contributed by atoms with Gasteiger partial charge in [0.1, 0.15) is 0 Å². The molecule has 0 aliphatic rings. The van der Waals surface area contributed by atoms with Crippen molar-refractivity contribution in [1.29, 1.82) is 0 Å². The number of nitrogens with zero attached hydrogens (tertiary/aromatic N) is 1. The van der Waals surface area contributed by atoms with Gasteiger partial charge in [0.05, 0.1) is 5.01 Å². The van der Waals surface area contributed by atoms with E-state index in [1.54, 1.807) is 11.3 Å². The Morgan fingerprint density at radius 3 is 2.50 bits per heavy atom. The Morgan fingerprint density at radius 1 is 1.15 bits per heavy atom. The molecule has 0 saturated carbocycles. The first-order chi connectivity index (χ1) is 9.53. The van der Waals surface area contributed by atoms with E-state index in [0.29, 0.717) is 5.92 Å². The molecule has 2 nitrogen and oxygen atoms in total. The van der Waals surface area contributed by atoms with Crippen molar-refractivity contribution in [1.82, 2.24) is 10.3 Å². The number of hydrogen-bond donors (Lipinski definition) is 1. The molecule has 0 saturated heterocycles. The average molecular weight is 288 g/mol. The van der Waals surface area contributed by atoms with Crippen LogP contribution < -0.4 is 5.32 Å². The molecule has 108 valence electrons. The molecule has 20 heavy (non-hydrogen) atoms. The van der Waals surface area contributed by atoms with Gasteiger partial charge in [-0.2, -0.15) is 0 Å². The Hall–Kier alpha value is -1.19. The van der Waals surface area contributed by atoms with Crippen LogP contribution in [0.5, 0.6) is 0 Å². The second-order valence-corrected chi connectivity index (χ2v) is 7.30. The minimum absolute atomic E-state index is 0.165. The number of aromatic nitrogens is 1. The molecular formula is C17H24N2S. The molecule has 0 bridgehead atoms. The summed E-state index contributed by atoms with van der Waals surface area (Å²) in [7, 11) is 0. The number of nitrogens with one attached hydrogen (secondary N) is 1. The lowest BCUT2D eigenvalue weighted by Gasteiger charge is -2.25. The Balaban J connectivity index is 1.99. The van der Waals surface area contributed by atoms with Gasteiger partial charge in [-0.3, -0.25) is 0 Å². The Labute approximate surface area is 126 Å². The molecule has 1 aromatic carbocycles. The Morgan fingerprint density at radius 2 is 1.90 bits per heavy atom. The van der Waals surface area contributed by atoms with Crippen LogP contribution >= 0.6 is 11.3 Å². The Bertz CT molecular complexity index is 485. The molecule has 0 fully saturated rings. The third-order valence-electron chi connectivity index (χ3n) is 3.24. The molecule has 0 spiro atoms. The molecule has 1 atom stereocenters. The molecular weight excluding hydrogens is 264 g/mol. The molecule has 1 aromatic heterocycles. The predicted molar refractivity (Wildman–Crippen MR) is 87.2 cm³/mol. The predicted octanol–water partition coefficient (Wildman–Crippen LogP) is 3.93. The van der Waals surface area contributed by atoms with Crippen molar-refractivity contribution in [3.8, 4) is 0 Å². The zero-order chi connectivity index (χ0) is 14.4. The smallest absolute Gasteiger partial charge is 0.0928 e. The van der Waals surface area contributed by atoms with Crippen molar-refractivity contribution in [2.24, 2.45) is 5.92 Å². The Kier molecular flexibility index (Phi) is 5.32. The zero-order valence-corrected chi connectivity index (χ0v) is 13.4. The van der Waals surface area contributed by atoms with Crippen molar-refractivity contribution in [2.45, 2.75) is 39.2 Å². The van der Waals surface area contributed by atoms with Gasteiger partial charge in [0.15, 0.2) is 0 Å². The maximum atomic E-state index is 4.43. The highest BCUT2D eigenvalue weighted by Crippen LogP contribution is 2.17. The third kappa shape index (κ3) is 5.43. The monoisotopic (exact) mass is 288 g/mol. The summed E-state index contributed by atoms with van der Waals surface area (Å²) in [5, 5.41) is 6.93. The summed E-state index contributed by atoms with van der Waals surface area (Å²) >= 11 is 1.76. The van der Waals surface area contributed by atoms with Crippen LogP contribution in [0.1, 0.15) is 31.3 Å². The van der Waals surface area contributed by atoms with E-state index in [1.165, 1.54) is 10.6 Å². The summed E-state index contributed by atoms with van der Waals surface area (Å²) < 4.78 is 0. The lowest BCUT2D eigenvalue weighted by Crippen LogP contribution is -2.40. The van der Waals surface area contributed by atoms with Gasteiger partial charge in [-0.1, -0.05) is 30.3 Å². The highest BCUT2D eigenvalue weighted by atomic mass is 32.1. The van der Waals surface area contributed by atoms with Crippen LogP contribution in [-0.4, -0.2) is 17.1 Å². The summed E-state index contributed by atoms with van der Waals surface area (Å²) in [6.07, 6.45) is 4.05. The fourth-order valence-electron chi connectivity index (χ4n) is 2.22. The van der Waals surface area contributed by atoms with Crippen LogP contribution in [0.3, 0.4) is 0 Å². The quantitative estimate of drug-likeness (QED) is 0.871. The molecule has 1 heterocycles. The van der Waals surface area contributed by atoms with Crippen molar-refractivity contribution in [2.75, 3.05) is 6.54 Å². The molecule has 2 aromatic rings. The largest absolute Gasteiger partial charge is 0.312 e. The first-order valence-corrected chi connectivity index (χ1v) is 8.08. The maximum Gasteiger partial charge on any atom is 0.0928 e. The van der Waals surface area contributed by atoms with E-state index in [0.717, 1.165) is 19.4 Å². The SMILES string of the molecule is CC(C)(C)NCC(Cc1ccccc1)Cc1nccs1. The van der Waals surface area contributed by atoms with Gasteiger partial charge >= 0.3 is 0 Å². The minimum Gasteiger partial charge on any atom is -0.312 e. The van der Waals surface area contributed by atoms with E-state index >= 15 is 0 Å². The summed E-state index contributed by atoms with van der Waals surface area (Å²) in [4.78, 5) is 4.43. The van der Waals surface area contributed by atoms with E-state index < -0.39 is 0 Å². The van der Waals surface area contributed by atoms with Gasteiger partial charge in [0, 0.05) is 23.5 Å². The van der Waals surface area contributed by atoms with Crippen LogP contribution in [-0.2, 0) is 12.8 Å². The first-order valence-electron chi connectivity index (χ1n) is 7.20. The third-order valence-corrected chi connectivity index (χ3v) is 4.04. The van der Waals surface area contributed by atoms with Crippen molar-refractivity contribution >= 4 is 11.3 Å². The maximum absolute atomic E-state index is 4.43. The van der Waals surface area contributed by atoms with E-state index in [2.05, 4.69) is 66.8 Å². The average Bonchev–Trinajstić information content (AvgIpc) is 2.89. The molecule has 1 unspecified atom stereocenters. The standard InChI is InChI=1S/C17H24N2S/c1-17(2,3)19-13-15(12-16-18-9-10-20-16)11-14-7-5-4-6-8-14/h4-10,15,19H,11-13H2,1-3H3.